The number of ether oxygens (including phenoxy) is 2. The number of hydrogen-bond acceptors (Lipinski definition) is 13. The van der Waals surface area contributed by atoms with Crippen LogP contribution in [0, 0.1) is 12.3 Å². The Balaban J connectivity index is -0.0000000361. The van der Waals surface area contributed by atoms with Gasteiger partial charge in [-0.2, -0.15) is 8.42 Å². The molecule has 19 heteroatoms. The van der Waals surface area contributed by atoms with Crippen molar-refractivity contribution in [2.75, 3.05) is 69.7 Å². The zero-order chi connectivity index (χ0) is 45.5. The normalized spacial score (nSPS) is 9.35. The highest BCUT2D eigenvalue weighted by molar-refractivity contribution is 7.85. The third-order valence-electron chi connectivity index (χ3n) is 3.09. The number of methoxy groups -OCH3 is 2. The monoisotopic (exact) mass is 842 g/mol. The molecule has 330 valence electrons. The molecule has 0 spiro atoms. The molecule has 1 heterocycles. The number of rotatable bonds is 5. The second-order valence-electron chi connectivity index (χ2n) is 8.99. The molecular formula is C35H85BN3O12PSSi. The maximum absolute atomic E-state index is 9.92. The van der Waals surface area contributed by atoms with Crippen LogP contribution in [0.1, 0.15) is 69.2 Å². The lowest BCUT2D eigenvalue weighted by Gasteiger charge is -2.10. The van der Waals surface area contributed by atoms with Crippen LogP contribution in [0.4, 0.5) is 0 Å². The van der Waals surface area contributed by atoms with Crippen molar-refractivity contribution in [1.29, 1.82) is 0 Å². The zero-order valence-electron chi connectivity index (χ0n) is 37.3. The third kappa shape index (κ3) is 305. The average molecular weight is 842 g/mol. The highest BCUT2D eigenvalue weighted by Gasteiger charge is 2.09. The SMILES string of the molecule is C.C#CC.C=CCC.CC.CC.CN=C(C)N.COB(C)O.COC.COC(C)=O.COP(C)(=O)O.COS(C)(=O)=O.CO[Si](C)(C)C.c1ccncc1. The predicted molar refractivity (Wildman–Crippen MR) is 238 cm³/mol. The van der Waals surface area contributed by atoms with Gasteiger partial charge in [0.15, 0.2) is 8.32 Å². The second-order valence-corrected chi connectivity index (χ2v) is 17.3. The van der Waals surface area contributed by atoms with Gasteiger partial charge in [0.05, 0.1) is 26.3 Å². The molecule has 0 saturated heterocycles. The topological polar surface area (TPSA) is 215 Å². The highest BCUT2D eigenvalue weighted by Crippen LogP contribution is 2.34. The summed E-state index contributed by atoms with van der Waals surface area (Å²) < 4.78 is 55.2. The van der Waals surface area contributed by atoms with Gasteiger partial charge in [-0.25, -0.2) is 0 Å². The van der Waals surface area contributed by atoms with Gasteiger partial charge in [-0.05, 0) is 58.9 Å². The van der Waals surface area contributed by atoms with E-state index in [0.29, 0.717) is 5.84 Å². The summed E-state index contributed by atoms with van der Waals surface area (Å²) in [6, 6.07) is 5.72. The van der Waals surface area contributed by atoms with Crippen LogP contribution >= 0.6 is 7.60 Å². The molecule has 0 aliphatic carbocycles. The van der Waals surface area contributed by atoms with Gasteiger partial charge in [-0.3, -0.25) is 23.5 Å². The third-order valence-corrected chi connectivity index (χ3v) is 5.60. The molecule has 0 aliphatic heterocycles. The van der Waals surface area contributed by atoms with Crippen LogP contribution in [-0.2, 0) is 46.7 Å². The number of nitrogens with zero attached hydrogens (tertiary/aromatic N) is 2. The molecule has 1 unspecified atom stereocenters. The Labute approximate surface area is 335 Å². The number of terminal acetylenes is 1. The zero-order valence-corrected chi connectivity index (χ0v) is 40.0. The van der Waals surface area contributed by atoms with E-state index in [1.54, 1.807) is 61.4 Å². The average Bonchev–Trinajstić information content (AvgIpc) is 3.12. The van der Waals surface area contributed by atoms with Crippen LogP contribution in [0.2, 0.25) is 26.5 Å². The first kappa shape index (κ1) is 84.2. The molecule has 4 N–H and O–H groups in total. The minimum absolute atomic E-state index is 0. The molecular weight excluding hydrogens is 756 g/mol. The molecule has 15 nitrogen and oxygen atoms in total. The van der Waals surface area contributed by atoms with Crippen LogP contribution < -0.4 is 5.73 Å². The summed E-state index contributed by atoms with van der Waals surface area (Å²) in [5.41, 5.74) is 5.04. The van der Waals surface area contributed by atoms with E-state index in [1.165, 1.54) is 28.3 Å². The summed E-state index contributed by atoms with van der Waals surface area (Å²) in [6.45, 7) is 27.5. The Hall–Kier alpha value is -2.43. The van der Waals surface area contributed by atoms with Gasteiger partial charge in [-0.15, -0.1) is 18.9 Å². The lowest BCUT2D eigenvalue weighted by molar-refractivity contribution is -0.137. The fraction of sp³-hybridized carbons (Fsp3) is 0.686. The molecule has 0 aliphatic rings. The van der Waals surface area contributed by atoms with Crippen LogP contribution in [0.3, 0.4) is 0 Å². The van der Waals surface area contributed by atoms with Crippen molar-refractivity contribution in [1.82, 2.24) is 4.98 Å². The van der Waals surface area contributed by atoms with E-state index in [4.69, 9.17) is 20.1 Å². The van der Waals surface area contributed by atoms with E-state index < -0.39 is 33.1 Å². The summed E-state index contributed by atoms with van der Waals surface area (Å²) in [4.78, 5) is 25.1. The van der Waals surface area contributed by atoms with Crippen LogP contribution in [-0.4, -0.2) is 120 Å². The summed E-state index contributed by atoms with van der Waals surface area (Å²) in [6.07, 6.45) is 12.0. The number of amidine groups is 1. The Morgan fingerprint density at radius 1 is 1.04 bits per heavy atom. The molecule has 54 heavy (non-hydrogen) atoms. The van der Waals surface area contributed by atoms with E-state index in [1.807, 2.05) is 52.0 Å². The van der Waals surface area contributed by atoms with Crippen molar-refractivity contribution in [3.8, 4) is 12.3 Å². The molecule has 1 atom stereocenters. The number of hydrogen-bond donors (Lipinski definition) is 3. The number of aliphatic imine (C=N–C) groups is 1. The number of carbonyl (C=O) groups is 1. The smallest absolute Gasteiger partial charge is 0.450 e. The molecule has 1 aromatic rings. The van der Waals surface area contributed by atoms with Gasteiger partial charge in [0.2, 0.25) is 0 Å². The fourth-order valence-corrected chi connectivity index (χ4v) is 0.313. The van der Waals surface area contributed by atoms with Gasteiger partial charge >= 0.3 is 20.7 Å². The maximum atomic E-state index is 9.92. The molecule has 0 aromatic carbocycles. The molecule has 0 bridgehead atoms. The number of carbonyl (C=O) groups excluding carboxylic acids is 1. The number of pyridine rings is 1. The number of esters is 1. The Morgan fingerprint density at radius 3 is 1.26 bits per heavy atom. The van der Waals surface area contributed by atoms with Gasteiger partial charge in [0.25, 0.3) is 10.1 Å². The number of nitrogens with two attached hydrogens (primary N) is 1. The molecule has 1 rings (SSSR count). The number of allylic oxidation sites excluding steroid dienone is 1. The van der Waals surface area contributed by atoms with E-state index in [0.717, 1.165) is 26.5 Å². The number of aromatic nitrogens is 1. The standard InChI is InChI=1S/C5H5N.C4H12OSi.C4H8.C3H8N2.C3H6O2.C3H4.C2H7BO2.C2H7O3P.C2H6O3S.C2H6O.2C2H6.CH4/c1-2-4-6-5-3-1;1-5-6(2,3)4;1-3-4-2;2*1-3(4)5-2;1-3-2;1-3(4)5-2;2*1-5-6(2,3)4;1-3-2;2*1-2;/h1-5H;1-4H3;3H,1,4H2,2H3;1-2H3,(H2,4,5);1-2H3;1H,2H3;4H,1-2H3;1-2H3,(H,3,4);1-2H3;1-2H3;2*1-2H3;1H4. The molecule has 0 radical (unpaired) electrons. The second kappa shape index (κ2) is 75.5. The Kier molecular flexibility index (Phi) is 118. The minimum atomic E-state index is -3.16. The summed E-state index contributed by atoms with van der Waals surface area (Å²) >= 11 is 0. The first-order valence-corrected chi connectivity index (χ1v) is 23.3. The van der Waals surface area contributed by atoms with Crippen LogP contribution in [0.25, 0.3) is 0 Å². The van der Waals surface area contributed by atoms with Crippen molar-refractivity contribution < 1.29 is 55.0 Å². The maximum Gasteiger partial charge on any atom is 0.450 e. The van der Waals surface area contributed by atoms with Gasteiger partial charge in [0, 0.05) is 68.6 Å². The molecule has 0 fully saturated rings. The Bertz CT molecular complexity index is 963. The summed E-state index contributed by atoms with van der Waals surface area (Å²) in [5, 5.41) is 8.14. The largest absolute Gasteiger partial charge is 0.469 e. The lowest BCUT2D eigenvalue weighted by atomic mass is 9.97. The van der Waals surface area contributed by atoms with Crippen molar-refractivity contribution in [2.45, 2.75) is 95.7 Å². The van der Waals surface area contributed by atoms with Gasteiger partial charge in [-0.1, -0.05) is 54.2 Å². The predicted octanol–water partition coefficient (Wildman–Crippen LogP) is 7.68. The molecule has 1 aromatic heterocycles. The quantitative estimate of drug-likeness (QED) is 0.0379. The molecule has 0 saturated carbocycles. The van der Waals surface area contributed by atoms with Gasteiger partial charge in [0.1, 0.15) is 0 Å². The fourth-order valence-electron chi connectivity index (χ4n) is 0.313. The van der Waals surface area contributed by atoms with E-state index in [9.17, 15) is 17.8 Å². The van der Waals surface area contributed by atoms with E-state index in [2.05, 4.69) is 78.3 Å². The van der Waals surface area contributed by atoms with E-state index >= 15 is 0 Å². The summed E-state index contributed by atoms with van der Waals surface area (Å²) in [7, 11) is 3.74. The Morgan fingerprint density at radius 2 is 1.24 bits per heavy atom. The van der Waals surface area contributed by atoms with Crippen molar-refractivity contribution >= 4 is 45.0 Å². The van der Waals surface area contributed by atoms with Crippen molar-refractivity contribution in [3.05, 3.63) is 43.2 Å². The summed E-state index contributed by atoms with van der Waals surface area (Å²) in [5.74, 6) is 2.63. The highest BCUT2D eigenvalue weighted by atomic mass is 32.2. The van der Waals surface area contributed by atoms with Crippen LogP contribution in [0.15, 0.2) is 48.2 Å². The first-order valence-electron chi connectivity index (χ1n) is 16.1. The van der Waals surface area contributed by atoms with Gasteiger partial charge < -0.3 is 38.7 Å². The van der Waals surface area contributed by atoms with Crippen LogP contribution in [0.5, 0.6) is 0 Å². The van der Waals surface area contributed by atoms with Crippen molar-refractivity contribution in [3.63, 3.8) is 0 Å². The minimum Gasteiger partial charge on any atom is -0.469 e. The first-order chi connectivity index (χ1) is 24.2. The molecule has 0 amide bonds. The van der Waals surface area contributed by atoms with Crippen molar-refractivity contribution in [2.24, 2.45) is 10.7 Å². The lowest BCUT2D eigenvalue weighted by Crippen LogP contribution is -2.22. The van der Waals surface area contributed by atoms with E-state index in [-0.39, 0.29) is 13.4 Å².